The number of rotatable bonds is 2. The van der Waals surface area contributed by atoms with E-state index in [0.717, 1.165) is 19.6 Å². The number of nitrogens with one attached hydrogen (secondary N) is 1. The maximum atomic E-state index is 6.01. The molecule has 2 fully saturated rings. The molecule has 1 heterocycles. The van der Waals surface area contributed by atoms with E-state index in [0.29, 0.717) is 18.1 Å². The molecule has 0 aromatic carbocycles. The van der Waals surface area contributed by atoms with E-state index in [-0.39, 0.29) is 24.8 Å². The Morgan fingerprint density at radius 3 is 2.33 bits per heavy atom. The molecule has 0 aromatic rings. The fourth-order valence-corrected chi connectivity index (χ4v) is 2.32. The minimum Gasteiger partial charge on any atom is -0.380 e. The quantitative estimate of drug-likeness (QED) is 0.787. The van der Waals surface area contributed by atoms with E-state index < -0.39 is 0 Å². The molecule has 3 N–H and O–H groups in total. The summed E-state index contributed by atoms with van der Waals surface area (Å²) in [6.07, 6.45) is 6.40. The van der Waals surface area contributed by atoms with E-state index in [1.54, 1.807) is 0 Å². The summed E-state index contributed by atoms with van der Waals surface area (Å²) in [5.74, 6) is 0. The molecule has 0 spiro atoms. The monoisotopic (exact) mass is 256 g/mol. The van der Waals surface area contributed by atoms with Gasteiger partial charge in [-0.05, 0) is 19.3 Å². The van der Waals surface area contributed by atoms with Gasteiger partial charge in [0.05, 0.1) is 6.61 Å². The van der Waals surface area contributed by atoms with Crippen molar-refractivity contribution < 1.29 is 4.74 Å². The lowest BCUT2D eigenvalue weighted by Crippen LogP contribution is -2.54. The molecule has 2 rings (SSSR count). The van der Waals surface area contributed by atoms with Crippen LogP contribution in [0.4, 0.5) is 0 Å². The summed E-state index contributed by atoms with van der Waals surface area (Å²) in [5, 5.41) is 3.62. The summed E-state index contributed by atoms with van der Waals surface area (Å²) < 4.78 is 5.42. The number of nitrogens with two attached hydrogens (primary N) is 1. The molecule has 5 heteroatoms. The van der Waals surface area contributed by atoms with Gasteiger partial charge in [-0.2, -0.15) is 0 Å². The van der Waals surface area contributed by atoms with Crippen molar-refractivity contribution in [1.82, 2.24) is 5.32 Å². The van der Waals surface area contributed by atoms with Crippen LogP contribution in [0.2, 0.25) is 0 Å². The lowest BCUT2D eigenvalue weighted by atomic mass is 10.0. The largest absolute Gasteiger partial charge is 0.380 e. The zero-order chi connectivity index (χ0) is 9.10. The van der Waals surface area contributed by atoms with Crippen molar-refractivity contribution >= 4 is 24.8 Å². The molecule has 2 atom stereocenters. The van der Waals surface area contributed by atoms with Crippen molar-refractivity contribution in [3.8, 4) is 0 Å². The number of hydrogen-bond acceptors (Lipinski definition) is 3. The van der Waals surface area contributed by atoms with Crippen LogP contribution in [0.1, 0.15) is 32.1 Å². The SMILES string of the molecule is Cl.Cl.N[C@@H]1CCOC[C@H]1NC1CCCC1. The zero-order valence-electron chi connectivity index (χ0n) is 8.98. The first-order valence-corrected chi connectivity index (χ1v) is 5.45. The number of halogens is 2. The van der Waals surface area contributed by atoms with Gasteiger partial charge in [0.15, 0.2) is 0 Å². The van der Waals surface area contributed by atoms with Crippen molar-refractivity contribution in [3.05, 3.63) is 0 Å². The molecule has 0 radical (unpaired) electrons. The van der Waals surface area contributed by atoms with Gasteiger partial charge >= 0.3 is 0 Å². The van der Waals surface area contributed by atoms with E-state index in [2.05, 4.69) is 5.32 Å². The molecule has 0 bridgehead atoms. The maximum Gasteiger partial charge on any atom is 0.0634 e. The van der Waals surface area contributed by atoms with Gasteiger partial charge in [-0.1, -0.05) is 12.8 Å². The molecule has 3 nitrogen and oxygen atoms in total. The molecule has 1 aliphatic heterocycles. The summed E-state index contributed by atoms with van der Waals surface area (Å²) in [5.41, 5.74) is 6.01. The minimum absolute atomic E-state index is 0. The Morgan fingerprint density at radius 2 is 1.73 bits per heavy atom. The smallest absolute Gasteiger partial charge is 0.0634 e. The number of ether oxygens (including phenoxy) is 1. The van der Waals surface area contributed by atoms with Gasteiger partial charge in [0.1, 0.15) is 0 Å². The molecule has 2 aliphatic rings. The second-order valence-electron chi connectivity index (χ2n) is 4.28. The third-order valence-electron chi connectivity index (χ3n) is 3.21. The second kappa shape index (κ2) is 7.69. The number of hydrogen-bond donors (Lipinski definition) is 2. The molecule has 1 saturated heterocycles. The highest BCUT2D eigenvalue weighted by Crippen LogP contribution is 2.19. The predicted octanol–water partition coefficient (Wildman–Crippen LogP) is 1.48. The van der Waals surface area contributed by atoms with E-state index in [4.69, 9.17) is 10.5 Å². The lowest BCUT2D eigenvalue weighted by molar-refractivity contribution is 0.0549. The first-order chi connectivity index (χ1) is 6.36. The van der Waals surface area contributed by atoms with Crippen LogP contribution in [-0.2, 0) is 4.74 Å². The van der Waals surface area contributed by atoms with Gasteiger partial charge in [-0.15, -0.1) is 24.8 Å². The van der Waals surface area contributed by atoms with E-state index in [1.807, 2.05) is 0 Å². The van der Waals surface area contributed by atoms with Gasteiger partial charge in [0.2, 0.25) is 0 Å². The van der Waals surface area contributed by atoms with Crippen molar-refractivity contribution in [1.29, 1.82) is 0 Å². The van der Waals surface area contributed by atoms with Gasteiger partial charge in [0, 0.05) is 24.7 Å². The lowest BCUT2D eigenvalue weighted by Gasteiger charge is -2.31. The maximum absolute atomic E-state index is 6.01. The third kappa shape index (κ3) is 4.45. The second-order valence-corrected chi connectivity index (χ2v) is 4.28. The highest BCUT2D eigenvalue weighted by molar-refractivity contribution is 5.85. The van der Waals surface area contributed by atoms with Crippen LogP contribution in [0.5, 0.6) is 0 Å². The Labute approximate surface area is 104 Å². The molecule has 1 aliphatic carbocycles. The normalized spacial score (nSPS) is 31.8. The summed E-state index contributed by atoms with van der Waals surface area (Å²) in [6.45, 7) is 1.64. The molecule has 92 valence electrons. The van der Waals surface area contributed by atoms with Crippen molar-refractivity contribution in [3.63, 3.8) is 0 Å². The van der Waals surface area contributed by atoms with Gasteiger partial charge in [-0.3, -0.25) is 0 Å². The Bertz CT molecular complexity index is 166. The molecule has 1 saturated carbocycles. The molecule has 0 unspecified atom stereocenters. The molecule has 0 aromatic heterocycles. The Hall–Kier alpha value is 0.460. The van der Waals surface area contributed by atoms with Crippen LogP contribution in [-0.4, -0.2) is 31.3 Å². The van der Waals surface area contributed by atoms with Gasteiger partial charge in [0.25, 0.3) is 0 Å². The van der Waals surface area contributed by atoms with E-state index in [9.17, 15) is 0 Å². The molecular formula is C10H22Cl2N2O. The van der Waals surface area contributed by atoms with Crippen LogP contribution >= 0.6 is 24.8 Å². The zero-order valence-corrected chi connectivity index (χ0v) is 10.6. The molecular weight excluding hydrogens is 235 g/mol. The van der Waals surface area contributed by atoms with Gasteiger partial charge < -0.3 is 15.8 Å². The first kappa shape index (κ1) is 15.5. The fraction of sp³-hybridized carbons (Fsp3) is 1.00. The average Bonchev–Trinajstić information content (AvgIpc) is 2.61. The van der Waals surface area contributed by atoms with Crippen molar-refractivity contribution in [2.24, 2.45) is 5.73 Å². The molecule has 15 heavy (non-hydrogen) atoms. The summed E-state index contributed by atoms with van der Waals surface area (Å²) in [7, 11) is 0. The first-order valence-electron chi connectivity index (χ1n) is 5.45. The van der Waals surface area contributed by atoms with Crippen molar-refractivity contribution in [2.75, 3.05) is 13.2 Å². The highest BCUT2D eigenvalue weighted by atomic mass is 35.5. The minimum atomic E-state index is 0. The Kier molecular flexibility index (Phi) is 7.92. The Balaban J connectivity index is 0.000000980. The van der Waals surface area contributed by atoms with Crippen molar-refractivity contribution in [2.45, 2.75) is 50.2 Å². The van der Waals surface area contributed by atoms with Gasteiger partial charge in [-0.25, -0.2) is 0 Å². The standard InChI is InChI=1S/C10H20N2O.2ClH/c11-9-5-6-13-7-10(9)12-8-3-1-2-4-8;;/h8-10,12H,1-7,11H2;2*1H/t9-,10-;;/m1../s1. The van der Waals surface area contributed by atoms with Crippen LogP contribution in [0, 0.1) is 0 Å². The third-order valence-corrected chi connectivity index (χ3v) is 3.21. The average molecular weight is 257 g/mol. The van der Waals surface area contributed by atoms with Crippen LogP contribution < -0.4 is 11.1 Å². The Morgan fingerprint density at radius 1 is 1.07 bits per heavy atom. The topological polar surface area (TPSA) is 47.3 Å². The summed E-state index contributed by atoms with van der Waals surface area (Å²) in [4.78, 5) is 0. The van der Waals surface area contributed by atoms with Crippen LogP contribution in [0.3, 0.4) is 0 Å². The molecule has 0 amide bonds. The predicted molar refractivity (Wildman–Crippen MR) is 67.1 cm³/mol. The summed E-state index contributed by atoms with van der Waals surface area (Å²) in [6, 6.07) is 1.41. The fourth-order valence-electron chi connectivity index (χ4n) is 2.32. The van der Waals surface area contributed by atoms with E-state index in [1.165, 1.54) is 25.7 Å². The van der Waals surface area contributed by atoms with E-state index >= 15 is 0 Å². The highest BCUT2D eigenvalue weighted by Gasteiger charge is 2.25. The van der Waals surface area contributed by atoms with Crippen LogP contribution in [0.25, 0.3) is 0 Å². The summed E-state index contributed by atoms with van der Waals surface area (Å²) >= 11 is 0. The van der Waals surface area contributed by atoms with Crippen LogP contribution in [0.15, 0.2) is 0 Å².